The van der Waals surface area contributed by atoms with Crippen LogP contribution in [0.2, 0.25) is 18.1 Å². The highest BCUT2D eigenvalue weighted by atomic mass is 28.4. The number of hydrogen-bond donors (Lipinski definition) is 2. The molecule has 1 aromatic rings. The van der Waals surface area contributed by atoms with Crippen molar-refractivity contribution in [3.63, 3.8) is 0 Å². The summed E-state index contributed by atoms with van der Waals surface area (Å²) < 4.78 is 30.7. The zero-order chi connectivity index (χ0) is 39.0. The maximum atomic E-state index is 11.4. The minimum absolute atomic E-state index is 0.0324. The van der Waals surface area contributed by atoms with Crippen LogP contribution in [0.15, 0.2) is 84.5 Å². The number of ether oxygens (including phenoxy) is 4. The number of aliphatic hydroxyl groups excluding tert-OH is 1. The van der Waals surface area contributed by atoms with Crippen LogP contribution in [0, 0.1) is 17.8 Å². The lowest BCUT2D eigenvalue weighted by molar-refractivity contribution is -0.130. The fourth-order valence-electron chi connectivity index (χ4n) is 6.18. The molecule has 2 aliphatic heterocycles. The first-order chi connectivity index (χ1) is 25.0. The smallest absolute Gasteiger partial charge is 0.381 e. The van der Waals surface area contributed by atoms with Crippen molar-refractivity contribution >= 4 is 14.3 Å². The van der Waals surface area contributed by atoms with Gasteiger partial charge in [0, 0.05) is 12.3 Å². The van der Waals surface area contributed by atoms with Gasteiger partial charge in [-0.15, -0.1) is 0 Å². The monoisotopic (exact) mass is 748 g/mol. The number of rotatable bonds is 19. The molecule has 2 N–H and O–H groups in total. The number of aliphatic hydroxyl groups is 1. The van der Waals surface area contributed by atoms with E-state index in [4.69, 9.17) is 28.5 Å². The quantitative estimate of drug-likeness (QED) is 0.0821. The van der Waals surface area contributed by atoms with Gasteiger partial charge in [-0.2, -0.15) is 0 Å². The van der Waals surface area contributed by atoms with Crippen molar-refractivity contribution in [2.45, 2.75) is 141 Å². The fourth-order valence-corrected chi connectivity index (χ4v) is 7.45. The predicted octanol–water partition coefficient (Wildman–Crippen LogP) is 9.12. The zero-order valence-corrected chi connectivity index (χ0v) is 34.3. The zero-order valence-electron chi connectivity index (χ0n) is 33.3. The summed E-state index contributed by atoms with van der Waals surface area (Å²) >= 11 is 0. The number of aliphatic carboxylic acids is 1. The average molecular weight is 749 g/mol. The molecule has 0 unspecified atom stereocenters. The number of carboxylic acid groups (broad SMARTS) is 1. The van der Waals surface area contributed by atoms with Crippen molar-refractivity contribution in [2.75, 3.05) is 13.7 Å². The summed E-state index contributed by atoms with van der Waals surface area (Å²) in [6, 6.07) is 7.77. The molecule has 3 rings (SSSR count). The Morgan fingerprint density at radius 1 is 1.17 bits per heavy atom. The Labute approximate surface area is 320 Å². The van der Waals surface area contributed by atoms with E-state index in [-0.39, 0.29) is 29.5 Å². The Hall–Kier alpha value is -3.23. The van der Waals surface area contributed by atoms with Crippen LogP contribution in [0.4, 0.5) is 0 Å². The molecule has 9 heteroatoms. The van der Waals surface area contributed by atoms with E-state index in [1.54, 1.807) is 13.2 Å². The number of carbonyl (C=O) groups is 1. The number of methoxy groups -OCH3 is 1. The Kier molecular flexibility index (Phi) is 18.0. The van der Waals surface area contributed by atoms with Crippen molar-refractivity contribution < 1.29 is 38.4 Å². The molecule has 2 aliphatic rings. The van der Waals surface area contributed by atoms with Gasteiger partial charge in [0.25, 0.3) is 0 Å². The molecule has 0 fully saturated rings. The topological polar surface area (TPSA) is 104 Å². The lowest BCUT2D eigenvalue weighted by Gasteiger charge is -2.39. The van der Waals surface area contributed by atoms with Crippen LogP contribution in [0.1, 0.15) is 85.1 Å². The van der Waals surface area contributed by atoms with Crippen LogP contribution in [-0.4, -0.2) is 74.8 Å². The van der Waals surface area contributed by atoms with Gasteiger partial charge >= 0.3 is 5.97 Å². The first-order valence-corrected chi connectivity index (χ1v) is 21.9. The second kappa shape index (κ2) is 21.6. The van der Waals surface area contributed by atoms with Gasteiger partial charge < -0.3 is 33.6 Å². The van der Waals surface area contributed by atoms with Crippen LogP contribution in [0.3, 0.4) is 0 Å². The summed E-state index contributed by atoms with van der Waals surface area (Å²) in [5, 5.41) is 20.2. The van der Waals surface area contributed by atoms with Gasteiger partial charge in [0.2, 0.25) is 0 Å². The molecule has 0 spiro atoms. The summed E-state index contributed by atoms with van der Waals surface area (Å²) in [5.74, 6) is 4.86. The van der Waals surface area contributed by atoms with Crippen molar-refractivity contribution in [2.24, 2.45) is 5.92 Å². The van der Waals surface area contributed by atoms with Crippen LogP contribution in [0.25, 0.3) is 0 Å². The second-order valence-corrected chi connectivity index (χ2v) is 20.8. The first-order valence-electron chi connectivity index (χ1n) is 19.0. The molecule has 8 nitrogen and oxygen atoms in total. The van der Waals surface area contributed by atoms with Gasteiger partial charge in [-0.3, -0.25) is 0 Å². The van der Waals surface area contributed by atoms with Gasteiger partial charge in [0.05, 0.1) is 56.9 Å². The minimum Gasteiger partial charge on any atom is -0.497 e. The molecule has 53 heavy (non-hydrogen) atoms. The summed E-state index contributed by atoms with van der Waals surface area (Å²) in [5.41, 5.74) is 3.40. The molecule has 0 saturated carbocycles. The molecule has 2 heterocycles. The average Bonchev–Trinajstić information content (AvgIpc) is 3.08. The third kappa shape index (κ3) is 16.4. The molecule has 0 bridgehead atoms. The van der Waals surface area contributed by atoms with Crippen LogP contribution < -0.4 is 4.74 Å². The number of hydrogen-bond acceptors (Lipinski definition) is 7. The molecular weight excluding hydrogens is 685 g/mol. The highest BCUT2D eigenvalue weighted by molar-refractivity contribution is 6.74. The largest absolute Gasteiger partial charge is 0.497 e. The fraction of sp³-hybridized carbons (Fsp3) is 0.568. The van der Waals surface area contributed by atoms with E-state index in [1.807, 2.05) is 36.4 Å². The van der Waals surface area contributed by atoms with Crippen LogP contribution in [-0.2, 0) is 30.0 Å². The Balaban J connectivity index is 1.69. The molecule has 0 aliphatic carbocycles. The molecule has 0 radical (unpaired) electrons. The summed E-state index contributed by atoms with van der Waals surface area (Å²) in [6.07, 6.45) is 17.4. The molecule has 0 amide bonds. The predicted molar refractivity (Wildman–Crippen MR) is 215 cm³/mol. The highest BCUT2D eigenvalue weighted by Crippen LogP contribution is 2.38. The van der Waals surface area contributed by atoms with Crippen molar-refractivity contribution in [1.82, 2.24) is 0 Å². The van der Waals surface area contributed by atoms with Crippen molar-refractivity contribution in [1.29, 1.82) is 0 Å². The van der Waals surface area contributed by atoms with E-state index in [9.17, 15) is 9.90 Å². The third-order valence-electron chi connectivity index (χ3n) is 10.2. The molecule has 0 saturated heterocycles. The molecular formula is C44H64O8Si. The molecule has 292 valence electrons. The standard InChI is InChI=1S/C44H64O8Si/c1-32-25-26-49-38(28-32)23-24-41(45)42(50-31-35-19-21-36(48-7)22-20-35)17-11-16-40(52-53(8,9)44(4,5)6)30-34(3)27-33(2)29-39-15-10-13-37(51-39)14-12-18-43(46)47/h10-11,13,16,19-25,33,37-42,45H,3,14-15,17,26-31H2,1-2,4-9H3,(H,46,47)/b16-11+,24-23+/t33-,37-,38+,39-,40+,41-,42-/m0/s1. The lowest BCUT2D eigenvalue weighted by Crippen LogP contribution is -2.43. The summed E-state index contributed by atoms with van der Waals surface area (Å²) in [4.78, 5) is 10.8. The molecule has 0 aromatic heterocycles. The van der Waals surface area contributed by atoms with E-state index in [0.29, 0.717) is 38.4 Å². The summed E-state index contributed by atoms with van der Waals surface area (Å²) in [6.45, 7) is 21.0. The van der Waals surface area contributed by atoms with E-state index in [2.05, 4.69) is 90.4 Å². The van der Waals surface area contributed by atoms with Gasteiger partial charge in [0.15, 0.2) is 8.32 Å². The SMILES string of the molecule is C=C(C[C@H](C)C[C@@H]1CC=C[C@@H](CC#CC(=O)O)O1)C[C@@H](/C=C/C[C@H](OCc1ccc(OC)cc1)[C@@H](O)/C=C/[C@@H]1CC(C)=CCO1)O[Si](C)(C)C(C)(C)C. The second-order valence-electron chi connectivity index (χ2n) is 16.1. The summed E-state index contributed by atoms with van der Waals surface area (Å²) in [7, 11) is -0.482. The van der Waals surface area contributed by atoms with Gasteiger partial charge in [-0.05, 0) is 87.2 Å². The third-order valence-corrected chi connectivity index (χ3v) is 14.7. The van der Waals surface area contributed by atoms with E-state index in [1.165, 1.54) is 5.57 Å². The number of carboxylic acids is 1. The van der Waals surface area contributed by atoms with E-state index < -0.39 is 26.5 Å². The Morgan fingerprint density at radius 3 is 2.57 bits per heavy atom. The molecule has 7 atom stereocenters. The Morgan fingerprint density at radius 2 is 1.91 bits per heavy atom. The maximum Gasteiger partial charge on any atom is 0.381 e. The lowest BCUT2D eigenvalue weighted by atomic mass is 9.91. The normalized spacial score (nSPS) is 21.8. The van der Waals surface area contributed by atoms with E-state index >= 15 is 0 Å². The highest BCUT2D eigenvalue weighted by Gasteiger charge is 2.39. The first kappa shape index (κ1) is 44.2. The van der Waals surface area contributed by atoms with Crippen LogP contribution in [0.5, 0.6) is 5.75 Å². The van der Waals surface area contributed by atoms with Crippen molar-refractivity contribution in [3.05, 3.63) is 90.1 Å². The molecule has 1 aromatic carbocycles. The van der Waals surface area contributed by atoms with Crippen molar-refractivity contribution in [3.8, 4) is 17.6 Å². The van der Waals surface area contributed by atoms with Crippen LogP contribution >= 0.6 is 0 Å². The Bertz CT molecular complexity index is 1490. The van der Waals surface area contributed by atoms with Gasteiger partial charge in [-0.25, -0.2) is 4.79 Å². The number of benzene rings is 1. The van der Waals surface area contributed by atoms with E-state index in [0.717, 1.165) is 42.6 Å². The maximum absolute atomic E-state index is 11.4. The van der Waals surface area contributed by atoms with Gasteiger partial charge in [-0.1, -0.05) is 106 Å². The minimum atomic E-state index is -2.13. The van der Waals surface area contributed by atoms with Gasteiger partial charge in [0.1, 0.15) is 5.75 Å².